The highest BCUT2D eigenvalue weighted by Crippen LogP contribution is 2.16. The molecule has 2 rings (SSSR count). The summed E-state index contributed by atoms with van der Waals surface area (Å²) in [6, 6.07) is 6.92. The fourth-order valence-corrected chi connectivity index (χ4v) is 2.25. The third-order valence-electron chi connectivity index (χ3n) is 3.40. The van der Waals surface area contributed by atoms with Crippen LogP contribution < -0.4 is 5.73 Å². The van der Waals surface area contributed by atoms with Gasteiger partial charge in [-0.15, -0.1) is 0 Å². The molecule has 2 N–H and O–H groups in total. The number of nitrogens with two attached hydrogens (primary N) is 1. The van der Waals surface area contributed by atoms with Crippen LogP contribution in [0.1, 0.15) is 17.5 Å². The Bertz CT molecular complexity index is 522. The Kier molecular flexibility index (Phi) is 4.68. The lowest BCUT2D eigenvalue weighted by Crippen LogP contribution is -2.18. The predicted molar refractivity (Wildman–Crippen MR) is 74.2 cm³/mol. The summed E-state index contributed by atoms with van der Waals surface area (Å²) in [5.41, 5.74) is 7.75. The van der Waals surface area contributed by atoms with Gasteiger partial charge in [0.1, 0.15) is 5.82 Å². The van der Waals surface area contributed by atoms with Crippen molar-refractivity contribution < 1.29 is 4.39 Å². The third kappa shape index (κ3) is 3.89. The summed E-state index contributed by atoms with van der Waals surface area (Å²) in [6.45, 7) is 0.578. The van der Waals surface area contributed by atoms with Gasteiger partial charge >= 0.3 is 0 Å². The van der Waals surface area contributed by atoms with Gasteiger partial charge in [-0.2, -0.15) is 5.10 Å². The molecule has 0 saturated carbocycles. The van der Waals surface area contributed by atoms with Crippen molar-refractivity contribution in [2.45, 2.75) is 19.3 Å². The van der Waals surface area contributed by atoms with Crippen molar-refractivity contribution in [2.75, 3.05) is 6.54 Å². The molecule has 3 nitrogen and oxygen atoms in total. The number of nitrogens with zero attached hydrogens (tertiary/aromatic N) is 2. The minimum absolute atomic E-state index is 0.137. The van der Waals surface area contributed by atoms with Crippen LogP contribution in [0.3, 0.4) is 0 Å². The maximum Gasteiger partial charge on any atom is 0.126 e. The van der Waals surface area contributed by atoms with Crippen LogP contribution >= 0.6 is 0 Å². The van der Waals surface area contributed by atoms with Crippen LogP contribution in [0.5, 0.6) is 0 Å². The van der Waals surface area contributed by atoms with Crippen LogP contribution in [0, 0.1) is 11.7 Å². The Morgan fingerprint density at radius 2 is 2.16 bits per heavy atom. The van der Waals surface area contributed by atoms with Crippen LogP contribution in [0.4, 0.5) is 4.39 Å². The second kappa shape index (κ2) is 6.48. The van der Waals surface area contributed by atoms with E-state index in [4.69, 9.17) is 5.73 Å². The molecule has 1 heterocycles. The van der Waals surface area contributed by atoms with Gasteiger partial charge in [-0.25, -0.2) is 4.39 Å². The van der Waals surface area contributed by atoms with E-state index in [-0.39, 0.29) is 5.82 Å². The largest absolute Gasteiger partial charge is 0.330 e. The third-order valence-corrected chi connectivity index (χ3v) is 3.40. The molecule has 19 heavy (non-hydrogen) atoms. The zero-order valence-electron chi connectivity index (χ0n) is 11.2. The van der Waals surface area contributed by atoms with Crippen LogP contribution in [0.15, 0.2) is 36.7 Å². The molecular weight excluding hydrogens is 241 g/mol. The van der Waals surface area contributed by atoms with Crippen molar-refractivity contribution in [1.82, 2.24) is 9.78 Å². The maximum atomic E-state index is 13.6. The number of benzene rings is 1. The van der Waals surface area contributed by atoms with Crippen molar-refractivity contribution in [3.63, 3.8) is 0 Å². The van der Waals surface area contributed by atoms with Crippen LogP contribution in [-0.4, -0.2) is 16.3 Å². The van der Waals surface area contributed by atoms with E-state index < -0.39 is 0 Å². The van der Waals surface area contributed by atoms with Gasteiger partial charge in [0, 0.05) is 13.2 Å². The Morgan fingerprint density at radius 1 is 1.37 bits per heavy atom. The second-order valence-corrected chi connectivity index (χ2v) is 4.96. The van der Waals surface area contributed by atoms with E-state index in [1.807, 2.05) is 31.6 Å². The van der Waals surface area contributed by atoms with Crippen molar-refractivity contribution >= 4 is 0 Å². The molecule has 0 amide bonds. The number of aromatic nitrogens is 2. The van der Waals surface area contributed by atoms with E-state index in [1.165, 1.54) is 11.6 Å². The lowest BCUT2D eigenvalue weighted by atomic mass is 9.93. The number of hydrogen-bond acceptors (Lipinski definition) is 2. The Balaban J connectivity index is 1.92. The van der Waals surface area contributed by atoms with Gasteiger partial charge in [0.15, 0.2) is 0 Å². The van der Waals surface area contributed by atoms with Crippen LogP contribution in [0.2, 0.25) is 0 Å². The summed E-state index contributed by atoms with van der Waals surface area (Å²) in [5, 5.41) is 4.14. The van der Waals surface area contributed by atoms with Gasteiger partial charge in [0.2, 0.25) is 0 Å². The molecule has 0 spiro atoms. The van der Waals surface area contributed by atoms with Gasteiger partial charge < -0.3 is 5.73 Å². The molecule has 1 atom stereocenters. The summed E-state index contributed by atoms with van der Waals surface area (Å²) in [4.78, 5) is 0. The molecule has 1 unspecified atom stereocenters. The van der Waals surface area contributed by atoms with Crippen molar-refractivity contribution in [3.05, 3.63) is 53.6 Å². The maximum absolute atomic E-state index is 13.6. The number of aryl methyl sites for hydroxylation is 2. The highest BCUT2D eigenvalue weighted by molar-refractivity contribution is 5.18. The first-order chi connectivity index (χ1) is 9.19. The minimum atomic E-state index is -0.137. The summed E-state index contributed by atoms with van der Waals surface area (Å²) < 4.78 is 15.4. The van der Waals surface area contributed by atoms with Gasteiger partial charge in [0.25, 0.3) is 0 Å². The van der Waals surface area contributed by atoms with Gasteiger partial charge in [0.05, 0.1) is 6.20 Å². The molecule has 0 radical (unpaired) electrons. The molecule has 102 valence electrons. The van der Waals surface area contributed by atoms with Crippen LogP contribution in [-0.2, 0) is 19.9 Å². The SMILES string of the molecule is Cn1cc(CCC(CN)Cc2ccccc2F)cn1. The number of hydrogen-bond donors (Lipinski definition) is 1. The second-order valence-electron chi connectivity index (χ2n) is 4.96. The highest BCUT2D eigenvalue weighted by atomic mass is 19.1. The smallest absolute Gasteiger partial charge is 0.126 e. The fraction of sp³-hybridized carbons (Fsp3) is 0.400. The normalized spacial score (nSPS) is 12.6. The molecule has 1 aromatic heterocycles. The van der Waals surface area contributed by atoms with E-state index in [0.29, 0.717) is 18.9 Å². The Morgan fingerprint density at radius 3 is 2.79 bits per heavy atom. The molecule has 0 bridgehead atoms. The standard InChI is InChI=1S/C15H20FN3/c1-19-11-13(10-18-19)7-6-12(9-17)8-14-4-2-3-5-15(14)16/h2-5,10-12H,6-9,17H2,1H3. The van der Waals surface area contributed by atoms with E-state index in [2.05, 4.69) is 5.10 Å². The summed E-state index contributed by atoms with van der Waals surface area (Å²) in [6.07, 6.45) is 6.47. The topological polar surface area (TPSA) is 43.8 Å². The molecule has 4 heteroatoms. The van der Waals surface area contributed by atoms with E-state index in [9.17, 15) is 4.39 Å². The monoisotopic (exact) mass is 261 g/mol. The predicted octanol–water partition coefficient (Wildman–Crippen LogP) is 2.31. The molecule has 2 aromatic rings. The summed E-state index contributed by atoms with van der Waals surface area (Å²) >= 11 is 0. The lowest BCUT2D eigenvalue weighted by molar-refractivity contribution is 0.480. The molecular formula is C15H20FN3. The van der Waals surface area contributed by atoms with Crippen molar-refractivity contribution in [2.24, 2.45) is 18.7 Å². The quantitative estimate of drug-likeness (QED) is 0.867. The van der Waals surface area contributed by atoms with E-state index >= 15 is 0 Å². The molecule has 0 aliphatic carbocycles. The first-order valence-electron chi connectivity index (χ1n) is 6.60. The minimum Gasteiger partial charge on any atom is -0.330 e. The van der Waals surface area contributed by atoms with E-state index in [0.717, 1.165) is 18.4 Å². The van der Waals surface area contributed by atoms with E-state index in [1.54, 1.807) is 10.7 Å². The zero-order chi connectivity index (χ0) is 13.7. The molecule has 0 fully saturated rings. The van der Waals surface area contributed by atoms with Crippen LogP contribution in [0.25, 0.3) is 0 Å². The summed E-state index contributed by atoms with van der Waals surface area (Å²) in [7, 11) is 1.91. The Labute approximate surface area is 113 Å². The molecule has 0 aliphatic rings. The summed E-state index contributed by atoms with van der Waals surface area (Å²) in [5.74, 6) is 0.166. The highest BCUT2D eigenvalue weighted by Gasteiger charge is 2.11. The Hall–Kier alpha value is -1.68. The van der Waals surface area contributed by atoms with Gasteiger partial charge in [-0.05, 0) is 48.9 Å². The molecule has 1 aromatic carbocycles. The van der Waals surface area contributed by atoms with Crippen molar-refractivity contribution in [3.8, 4) is 0 Å². The average Bonchev–Trinajstić information content (AvgIpc) is 2.82. The first kappa shape index (κ1) is 13.7. The first-order valence-corrected chi connectivity index (χ1v) is 6.60. The van der Waals surface area contributed by atoms with Crippen molar-refractivity contribution in [1.29, 1.82) is 0 Å². The van der Waals surface area contributed by atoms with Gasteiger partial charge in [-0.1, -0.05) is 18.2 Å². The molecule has 0 aliphatic heterocycles. The number of rotatable bonds is 6. The lowest BCUT2D eigenvalue weighted by Gasteiger charge is -2.14. The zero-order valence-corrected chi connectivity index (χ0v) is 11.2. The fourth-order valence-electron chi connectivity index (χ4n) is 2.25. The average molecular weight is 261 g/mol. The number of halogens is 1. The molecule has 0 saturated heterocycles. The van der Waals surface area contributed by atoms with Gasteiger partial charge in [-0.3, -0.25) is 4.68 Å².